The van der Waals surface area contributed by atoms with Gasteiger partial charge in [0.05, 0.1) is 25.6 Å². The first-order chi connectivity index (χ1) is 20.3. The summed E-state index contributed by atoms with van der Waals surface area (Å²) in [6.07, 6.45) is -3.85. The van der Waals surface area contributed by atoms with Crippen LogP contribution in [-0.2, 0) is 11.3 Å². The molecular formula is C26H30F6N8O3. The van der Waals surface area contributed by atoms with Gasteiger partial charge in [-0.15, -0.1) is 0 Å². The molecule has 5 rings (SSSR count). The first-order valence-corrected chi connectivity index (χ1v) is 13.4. The summed E-state index contributed by atoms with van der Waals surface area (Å²) in [5.74, 6) is -3.26. The second-order valence-corrected chi connectivity index (χ2v) is 10.6. The van der Waals surface area contributed by atoms with Crippen molar-refractivity contribution in [2.45, 2.75) is 43.7 Å². The summed E-state index contributed by atoms with van der Waals surface area (Å²) in [6.45, 7) is -1.47. The number of ether oxygens (including phenoxy) is 2. The van der Waals surface area contributed by atoms with Gasteiger partial charge in [0, 0.05) is 57.3 Å². The average Bonchev–Trinajstić information content (AvgIpc) is 3.49. The van der Waals surface area contributed by atoms with Gasteiger partial charge in [-0.1, -0.05) is 0 Å². The maximum absolute atomic E-state index is 14.7. The highest BCUT2D eigenvalue weighted by atomic mass is 19.4. The van der Waals surface area contributed by atoms with Gasteiger partial charge in [-0.2, -0.15) is 18.3 Å². The third kappa shape index (κ3) is 7.10. The minimum absolute atomic E-state index is 0.0178. The van der Waals surface area contributed by atoms with Gasteiger partial charge in [-0.25, -0.2) is 27.7 Å². The van der Waals surface area contributed by atoms with Crippen LogP contribution < -0.4 is 15.8 Å². The SMILES string of the molecule is COc1ncc(-c2cc(CN3CCC(F)(F)CC3)c3c(N)ncnn23)cc1C(=O)N[C@@H]1CN(COCC(F)(F)F)C[C@@H]1F. The molecule has 1 amide bonds. The van der Waals surface area contributed by atoms with Crippen LogP contribution in [0.2, 0.25) is 0 Å². The number of aromatic nitrogens is 4. The van der Waals surface area contributed by atoms with E-state index in [1.165, 1.54) is 35.1 Å². The molecule has 2 aliphatic rings. The van der Waals surface area contributed by atoms with Crippen LogP contribution in [-0.4, -0.2) is 106 Å². The Morgan fingerprint density at radius 1 is 1.16 bits per heavy atom. The molecule has 3 aromatic rings. The van der Waals surface area contributed by atoms with Crippen molar-refractivity contribution in [3.63, 3.8) is 0 Å². The molecule has 11 nitrogen and oxygen atoms in total. The van der Waals surface area contributed by atoms with Crippen LogP contribution in [0.25, 0.3) is 16.8 Å². The monoisotopic (exact) mass is 616 g/mol. The number of likely N-dealkylation sites (tertiary alicyclic amines) is 2. The van der Waals surface area contributed by atoms with Gasteiger partial charge in [-0.05, 0) is 17.7 Å². The van der Waals surface area contributed by atoms with Gasteiger partial charge in [0.1, 0.15) is 30.2 Å². The highest BCUT2D eigenvalue weighted by molar-refractivity contribution is 5.98. The number of hydrogen-bond donors (Lipinski definition) is 2. The van der Waals surface area contributed by atoms with Crippen molar-refractivity contribution in [2.75, 3.05) is 52.4 Å². The van der Waals surface area contributed by atoms with E-state index in [2.05, 4.69) is 25.1 Å². The Labute approximate surface area is 241 Å². The van der Waals surface area contributed by atoms with Crippen molar-refractivity contribution in [1.29, 1.82) is 0 Å². The van der Waals surface area contributed by atoms with E-state index in [0.717, 1.165) is 0 Å². The number of carbonyl (C=O) groups excluding carboxylic acids is 1. The van der Waals surface area contributed by atoms with Gasteiger partial charge >= 0.3 is 6.18 Å². The molecule has 2 fully saturated rings. The fourth-order valence-electron chi connectivity index (χ4n) is 5.29. The summed E-state index contributed by atoms with van der Waals surface area (Å²) in [5.41, 5.74) is 8.25. The predicted molar refractivity (Wildman–Crippen MR) is 141 cm³/mol. The zero-order chi connectivity index (χ0) is 30.9. The first-order valence-electron chi connectivity index (χ1n) is 13.4. The van der Waals surface area contributed by atoms with Gasteiger partial charge in [0.15, 0.2) is 5.82 Å². The molecule has 5 heterocycles. The quantitative estimate of drug-likeness (QED) is 0.350. The maximum atomic E-state index is 14.7. The molecule has 0 radical (unpaired) electrons. The molecule has 2 atom stereocenters. The number of rotatable bonds is 9. The summed E-state index contributed by atoms with van der Waals surface area (Å²) in [7, 11) is 1.31. The molecule has 2 aliphatic heterocycles. The standard InChI is InChI=1S/C26H30F6N8O3/c1-42-24-17(23(41)37-19-11-39(10-18(19)27)14-43-12-26(30,31)32)6-15(8-34-24)20-7-16(21-22(33)35-13-36-40(20)21)9-38-4-2-25(28,29)3-5-38/h6-8,13,18-19H,2-5,9-12,14H2,1H3,(H,37,41)(H2,33,35,36)/t18-,19+/m0/s1. The van der Waals surface area contributed by atoms with Gasteiger partial charge in [0.2, 0.25) is 5.88 Å². The van der Waals surface area contributed by atoms with E-state index in [1.807, 2.05) is 4.90 Å². The summed E-state index contributed by atoms with van der Waals surface area (Å²) < 4.78 is 90.6. The summed E-state index contributed by atoms with van der Waals surface area (Å²) in [4.78, 5) is 24.8. The highest BCUT2D eigenvalue weighted by Crippen LogP contribution is 2.33. The van der Waals surface area contributed by atoms with Crippen LogP contribution in [0.1, 0.15) is 28.8 Å². The maximum Gasteiger partial charge on any atom is 0.411 e. The van der Waals surface area contributed by atoms with E-state index < -0.39 is 43.6 Å². The third-order valence-electron chi connectivity index (χ3n) is 7.41. The lowest BCUT2D eigenvalue weighted by molar-refractivity contribution is -0.182. The average molecular weight is 617 g/mol. The summed E-state index contributed by atoms with van der Waals surface area (Å²) in [5, 5.41) is 6.88. The van der Waals surface area contributed by atoms with E-state index in [4.69, 9.17) is 10.5 Å². The van der Waals surface area contributed by atoms with Crippen LogP contribution in [0.5, 0.6) is 5.88 Å². The van der Waals surface area contributed by atoms with Crippen molar-refractivity contribution in [1.82, 2.24) is 34.7 Å². The fraction of sp³-hybridized carbons (Fsp3) is 0.538. The number of fused-ring (bicyclic) bond motifs is 1. The lowest BCUT2D eigenvalue weighted by Gasteiger charge is -2.31. The van der Waals surface area contributed by atoms with Gasteiger partial charge < -0.3 is 20.5 Å². The summed E-state index contributed by atoms with van der Waals surface area (Å²) in [6, 6.07) is 2.24. The molecule has 3 aromatic heterocycles. The lowest BCUT2D eigenvalue weighted by Crippen LogP contribution is -2.41. The molecule has 0 aromatic carbocycles. The van der Waals surface area contributed by atoms with Crippen molar-refractivity contribution >= 4 is 17.2 Å². The van der Waals surface area contributed by atoms with Crippen molar-refractivity contribution in [3.05, 3.63) is 35.8 Å². The molecule has 3 N–H and O–H groups in total. The molecular weight excluding hydrogens is 586 g/mol. The van der Waals surface area contributed by atoms with Crippen molar-refractivity contribution < 1.29 is 40.6 Å². The zero-order valence-corrected chi connectivity index (χ0v) is 23.1. The molecule has 17 heteroatoms. The molecule has 0 aliphatic carbocycles. The fourth-order valence-corrected chi connectivity index (χ4v) is 5.29. The molecule has 0 unspecified atom stereocenters. The second-order valence-electron chi connectivity index (χ2n) is 10.6. The Balaban J connectivity index is 1.36. The summed E-state index contributed by atoms with van der Waals surface area (Å²) >= 11 is 0. The third-order valence-corrected chi connectivity index (χ3v) is 7.41. The number of amides is 1. The van der Waals surface area contributed by atoms with E-state index >= 15 is 0 Å². The number of pyridine rings is 1. The molecule has 0 bridgehead atoms. The molecule has 0 saturated carbocycles. The highest BCUT2D eigenvalue weighted by Gasteiger charge is 2.36. The number of methoxy groups -OCH3 is 1. The lowest BCUT2D eigenvalue weighted by atomic mass is 10.1. The molecule has 0 spiro atoms. The van der Waals surface area contributed by atoms with E-state index in [1.54, 1.807) is 6.07 Å². The van der Waals surface area contributed by atoms with Crippen molar-refractivity contribution in [3.8, 4) is 17.1 Å². The van der Waals surface area contributed by atoms with Crippen LogP contribution in [0.15, 0.2) is 24.7 Å². The number of carbonyl (C=O) groups is 1. The van der Waals surface area contributed by atoms with Crippen LogP contribution in [0.4, 0.5) is 32.2 Å². The number of halogens is 6. The number of nitrogens with two attached hydrogens (primary N) is 1. The number of nitrogen functional groups attached to an aromatic ring is 1. The van der Waals surface area contributed by atoms with Crippen LogP contribution >= 0.6 is 0 Å². The largest absolute Gasteiger partial charge is 0.480 e. The Hall–Kier alpha value is -3.70. The number of nitrogens with one attached hydrogen (secondary N) is 1. The first kappa shape index (κ1) is 30.7. The Morgan fingerprint density at radius 2 is 1.91 bits per heavy atom. The molecule has 234 valence electrons. The Bertz CT molecular complexity index is 1460. The number of hydrogen-bond acceptors (Lipinski definition) is 9. The van der Waals surface area contributed by atoms with Crippen LogP contribution in [0, 0.1) is 0 Å². The number of anilines is 1. The minimum Gasteiger partial charge on any atom is -0.480 e. The predicted octanol–water partition coefficient (Wildman–Crippen LogP) is 2.90. The number of alkyl halides is 6. The van der Waals surface area contributed by atoms with Gasteiger partial charge in [0.25, 0.3) is 11.8 Å². The Morgan fingerprint density at radius 3 is 2.60 bits per heavy atom. The number of nitrogens with zero attached hydrogens (tertiary/aromatic N) is 6. The van der Waals surface area contributed by atoms with Crippen LogP contribution in [0.3, 0.4) is 0 Å². The Kier molecular flexibility index (Phi) is 8.67. The van der Waals surface area contributed by atoms with E-state index in [-0.39, 0.29) is 56.3 Å². The van der Waals surface area contributed by atoms with Gasteiger partial charge in [-0.3, -0.25) is 14.6 Å². The second kappa shape index (κ2) is 12.1. The van der Waals surface area contributed by atoms with E-state index in [9.17, 15) is 31.1 Å². The zero-order valence-electron chi connectivity index (χ0n) is 23.1. The topological polar surface area (TPSA) is 123 Å². The normalized spacial score (nSPS) is 21.4. The van der Waals surface area contributed by atoms with E-state index in [0.29, 0.717) is 28.9 Å². The smallest absolute Gasteiger partial charge is 0.411 e. The minimum atomic E-state index is -4.51. The van der Waals surface area contributed by atoms with Crippen molar-refractivity contribution in [2.24, 2.45) is 0 Å². The number of piperidine rings is 1. The molecule has 2 saturated heterocycles. The molecule has 43 heavy (non-hydrogen) atoms.